The summed E-state index contributed by atoms with van der Waals surface area (Å²) in [5, 5.41) is 46.8. The second kappa shape index (κ2) is 12.3. The number of nitro benzene ring substituents is 2. The van der Waals surface area contributed by atoms with Crippen molar-refractivity contribution in [1.29, 1.82) is 0 Å². The number of non-ortho nitro benzene ring substituents is 1. The van der Waals surface area contributed by atoms with Gasteiger partial charge < -0.3 is 10.2 Å². The Morgan fingerprint density at radius 3 is 2.52 bits per heavy atom. The van der Waals surface area contributed by atoms with E-state index in [0.29, 0.717) is 30.8 Å². The molecule has 3 aliphatic rings. The fourth-order valence-corrected chi connectivity index (χ4v) is 8.39. The van der Waals surface area contributed by atoms with Crippen LogP contribution in [0.4, 0.5) is 17.1 Å². The summed E-state index contributed by atoms with van der Waals surface area (Å²) in [6.07, 6.45) is 9.10. The van der Waals surface area contributed by atoms with Crippen LogP contribution in [0.2, 0.25) is 0 Å². The Hall–Kier alpha value is -3.67. The van der Waals surface area contributed by atoms with E-state index in [0.717, 1.165) is 38.0 Å². The van der Waals surface area contributed by atoms with E-state index in [1.165, 1.54) is 12.1 Å². The Kier molecular flexibility index (Phi) is 9.15. The number of aliphatic carboxylic acids is 1. The maximum Gasteiger partial charge on any atom is 0.303 e. The number of aliphatic hydroxyl groups is 1. The fraction of sp³-hybridized carbons (Fsp3) is 0.633. The second-order valence-electron chi connectivity index (χ2n) is 12.8. The lowest BCUT2D eigenvalue weighted by atomic mass is 9.50. The number of aldehydes is 1. The summed E-state index contributed by atoms with van der Waals surface area (Å²) >= 11 is 0. The Balaban J connectivity index is 1.69. The van der Waals surface area contributed by atoms with Crippen LogP contribution >= 0.6 is 0 Å². The topological polar surface area (TPSA) is 185 Å². The highest BCUT2D eigenvalue weighted by molar-refractivity contribution is 5.77. The van der Waals surface area contributed by atoms with Crippen LogP contribution in [0.25, 0.3) is 0 Å². The maximum absolute atomic E-state index is 12.2. The molecule has 0 radical (unpaired) electrons. The van der Waals surface area contributed by atoms with Gasteiger partial charge in [0.1, 0.15) is 12.0 Å². The summed E-state index contributed by atoms with van der Waals surface area (Å²) in [4.78, 5) is 44.9. The van der Waals surface area contributed by atoms with Crippen LogP contribution in [0.15, 0.2) is 34.9 Å². The number of carboxylic acid groups (broad SMARTS) is 1. The largest absolute Gasteiger partial charge is 0.481 e. The molecule has 4 rings (SSSR count). The molecule has 12 heteroatoms. The molecule has 3 N–H and O–H groups in total. The van der Waals surface area contributed by atoms with Gasteiger partial charge >= 0.3 is 11.7 Å². The van der Waals surface area contributed by atoms with E-state index >= 15 is 0 Å². The van der Waals surface area contributed by atoms with Gasteiger partial charge in [-0.3, -0.25) is 35.2 Å². The smallest absolute Gasteiger partial charge is 0.303 e. The lowest BCUT2D eigenvalue weighted by Crippen LogP contribution is -2.49. The average Bonchev–Trinajstić information content (AvgIpc) is 3.30. The molecule has 0 aliphatic heterocycles. The van der Waals surface area contributed by atoms with Crippen molar-refractivity contribution in [2.45, 2.75) is 78.2 Å². The van der Waals surface area contributed by atoms with Gasteiger partial charge in [-0.05, 0) is 97.2 Å². The number of hydrazone groups is 1. The maximum atomic E-state index is 12.2. The van der Waals surface area contributed by atoms with Crippen LogP contribution in [0, 0.1) is 60.6 Å². The number of aliphatic hydroxyl groups excluding tert-OH is 1. The number of nitrogens with one attached hydrogen (secondary N) is 1. The number of benzene rings is 1. The fourth-order valence-electron chi connectivity index (χ4n) is 8.39. The van der Waals surface area contributed by atoms with Crippen molar-refractivity contribution < 1.29 is 29.6 Å². The van der Waals surface area contributed by atoms with Gasteiger partial charge in [0.05, 0.1) is 22.0 Å². The summed E-state index contributed by atoms with van der Waals surface area (Å²) in [5.41, 5.74) is 1.93. The minimum atomic E-state index is -0.803. The Labute approximate surface area is 244 Å². The molecular formula is C30H40N4O8. The number of rotatable bonds is 11. The number of nitrogens with zero attached hydrogens (tertiary/aromatic N) is 3. The van der Waals surface area contributed by atoms with Crippen LogP contribution < -0.4 is 5.43 Å². The number of hydrogen-bond donors (Lipinski definition) is 3. The van der Waals surface area contributed by atoms with Gasteiger partial charge in [-0.2, -0.15) is 5.10 Å². The zero-order valence-corrected chi connectivity index (χ0v) is 24.3. The first-order valence-electron chi connectivity index (χ1n) is 14.6. The van der Waals surface area contributed by atoms with Gasteiger partial charge in [0.15, 0.2) is 0 Å². The van der Waals surface area contributed by atoms with Crippen molar-refractivity contribution in [3.63, 3.8) is 0 Å². The van der Waals surface area contributed by atoms with Crippen LogP contribution in [0.1, 0.15) is 72.1 Å². The van der Waals surface area contributed by atoms with Gasteiger partial charge in [-0.25, -0.2) is 0 Å². The third-order valence-electron chi connectivity index (χ3n) is 10.7. The standard InChI is InChI=1S/C30H40N4O8/c1-18(4-9-28(37)38)23-6-7-24-22(16-31-32-26-8-5-20(33(39)40)15-27(26)34(41)42)25(11-13-30(23,24)3)29(2)12-10-21(36)14-19(29)17-35/h5,8,14-18,21-25,32,36H,4,6-7,9-13H2,1-3H3,(H,37,38)/b31-16+/t18-,21+,22?,23-,24?,25?,29+,30-/m1/s1. The first-order chi connectivity index (χ1) is 19.8. The number of carbonyl (C=O) groups excluding carboxylic acids is 1. The van der Waals surface area contributed by atoms with Gasteiger partial charge in [-0.1, -0.05) is 20.8 Å². The number of anilines is 1. The Morgan fingerprint density at radius 2 is 1.88 bits per heavy atom. The molecule has 0 heterocycles. The van der Waals surface area contributed by atoms with Crippen molar-refractivity contribution in [3.8, 4) is 0 Å². The molecule has 0 bridgehead atoms. The van der Waals surface area contributed by atoms with Gasteiger partial charge in [0, 0.05) is 24.6 Å². The third-order valence-corrected chi connectivity index (χ3v) is 10.7. The minimum absolute atomic E-state index is 0.0185. The third kappa shape index (κ3) is 5.95. The highest BCUT2D eigenvalue weighted by atomic mass is 16.6. The van der Waals surface area contributed by atoms with E-state index in [1.54, 1.807) is 12.3 Å². The van der Waals surface area contributed by atoms with E-state index in [1.807, 2.05) is 0 Å². The summed E-state index contributed by atoms with van der Waals surface area (Å²) in [5.74, 6) is -0.162. The first-order valence-corrected chi connectivity index (χ1v) is 14.6. The molecule has 3 aliphatic carbocycles. The second-order valence-corrected chi connectivity index (χ2v) is 12.8. The highest BCUT2D eigenvalue weighted by Gasteiger charge is 2.58. The first kappa shape index (κ1) is 31.3. The number of carbonyl (C=O) groups is 2. The number of nitro groups is 2. The molecule has 2 saturated carbocycles. The normalized spacial score (nSPS) is 33.4. The number of hydrogen-bond acceptors (Lipinski definition) is 9. The predicted octanol–water partition coefficient (Wildman–Crippen LogP) is 5.75. The van der Waals surface area contributed by atoms with Crippen molar-refractivity contribution in [2.75, 3.05) is 5.43 Å². The summed E-state index contributed by atoms with van der Waals surface area (Å²) in [7, 11) is 0. The lowest BCUT2D eigenvalue weighted by Gasteiger charge is -2.54. The van der Waals surface area contributed by atoms with E-state index in [-0.39, 0.29) is 41.2 Å². The molecule has 8 atom stereocenters. The van der Waals surface area contributed by atoms with Crippen LogP contribution in [-0.2, 0) is 9.59 Å². The molecule has 1 aromatic rings. The van der Waals surface area contributed by atoms with E-state index < -0.39 is 38.7 Å². The van der Waals surface area contributed by atoms with E-state index in [2.05, 4.69) is 31.3 Å². The van der Waals surface area contributed by atoms with E-state index in [4.69, 9.17) is 0 Å². The number of allylic oxidation sites excluding steroid dienone is 1. The Morgan fingerprint density at radius 1 is 1.14 bits per heavy atom. The highest BCUT2D eigenvalue weighted by Crippen LogP contribution is 2.64. The lowest BCUT2D eigenvalue weighted by molar-refractivity contribution is -0.393. The van der Waals surface area contributed by atoms with Gasteiger partial charge in [0.2, 0.25) is 0 Å². The predicted molar refractivity (Wildman–Crippen MR) is 156 cm³/mol. The molecule has 12 nitrogen and oxygen atoms in total. The van der Waals surface area contributed by atoms with Crippen LogP contribution in [0.3, 0.4) is 0 Å². The molecule has 0 amide bonds. The molecule has 3 unspecified atom stereocenters. The van der Waals surface area contributed by atoms with Crippen LogP contribution in [-0.4, -0.2) is 44.6 Å². The molecule has 0 saturated heterocycles. The van der Waals surface area contributed by atoms with Crippen molar-refractivity contribution >= 4 is 35.5 Å². The summed E-state index contributed by atoms with van der Waals surface area (Å²) in [6.45, 7) is 6.48. The average molecular weight is 585 g/mol. The quantitative estimate of drug-likeness (QED) is 0.126. The van der Waals surface area contributed by atoms with Crippen molar-refractivity contribution in [3.05, 3.63) is 50.1 Å². The zero-order chi connectivity index (χ0) is 30.8. The van der Waals surface area contributed by atoms with Crippen LogP contribution in [0.5, 0.6) is 0 Å². The zero-order valence-electron chi connectivity index (χ0n) is 24.3. The molecule has 0 aromatic heterocycles. The minimum Gasteiger partial charge on any atom is -0.481 e. The van der Waals surface area contributed by atoms with Gasteiger partial charge in [-0.15, -0.1) is 0 Å². The van der Waals surface area contributed by atoms with Crippen molar-refractivity contribution in [2.24, 2.45) is 45.5 Å². The molecule has 1 aromatic carbocycles. The monoisotopic (exact) mass is 584 g/mol. The molecule has 42 heavy (non-hydrogen) atoms. The number of fused-ring (bicyclic) bond motifs is 1. The molecule has 2 fully saturated rings. The molecule has 0 spiro atoms. The number of carboxylic acids is 1. The Bertz CT molecular complexity index is 1300. The summed E-state index contributed by atoms with van der Waals surface area (Å²) < 4.78 is 0. The SMILES string of the molecule is C[C@H](CCC(=O)O)[C@H]1CCC2C(/C=N/Nc3ccc([N+](=O)[O-])cc3[N+](=O)[O-])C([C@@]3(C)CC[C@H](O)C=C3C=O)CC[C@@]21C. The summed E-state index contributed by atoms with van der Waals surface area (Å²) in [6, 6.07) is 3.35. The van der Waals surface area contributed by atoms with Gasteiger partial charge in [0.25, 0.3) is 5.69 Å². The molecule has 228 valence electrons. The molecular weight excluding hydrogens is 544 g/mol. The van der Waals surface area contributed by atoms with Crippen molar-refractivity contribution in [1.82, 2.24) is 0 Å². The van der Waals surface area contributed by atoms with E-state index in [9.17, 15) is 40.0 Å².